The molecule has 0 saturated carbocycles. The standard InChI is InChI=1S/C27H28N4O/c1-19-11-13-20(14-12-19)25-26(29-27(32)21-8-4-3-5-9-21)28-24-16-15-22(18-31(24)25)23-10-6-7-17-30(23)2/h3-5,8-9,11-16,18,23H,6-7,10,17H2,1-2H3,(H,29,32). The molecule has 0 spiro atoms. The van der Waals surface area contributed by atoms with Crippen molar-refractivity contribution < 1.29 is 4.79 Å². The van der Waals surface area contributed by atoms with Gasteiger partial charge in [0.15, 0.2) is 5.82 Å². The van der Waals surface area contributed by atoms with Gasteiger partial charge in [-0.3, -0.25) is 14.1 Å². The molecule has 1 N–H and O–H groups in total. The zero-order valence-corrected chi connectivity index (χ0v) is 18.6. The minimum absolute atomic E-state index is 0.158. The van der Waals surface area contributed by atoms with Crippen LogP contribution < -0.4 is 5.32 Å². The fourth-order valence-corrected chi connectivity index (χ4v) is 4.60. The molecule has 1 fully saturated rings. The van der Waals surface area contributed by atoms with Crippen LogP contribution in [-0.4, -0.2) is 33.8 Å². The van der Waals surface area contributed by atoms with Crippen molar-refractivity contribution in [3.63, 3.8) is 0 Å². The number of imidazole rings is 1. The van der Waals surface area contributed by atoms with E-state index >= 15 is 0 Å². The van der Waals surface area contributed by atoms with Gasteiger partial charge in [-0.15, -0.1) is 0 Å². The number of piperidine rings is 1. The second-order valence-corrected chi connectivity index (χ2v) is 8.68. The molecule has 3 heterocycles. The monoisotopic (exact) mass is 424 g/mol. The van der Waals surface area contributed by atoms with Crippen LogP contribution in [0.4, 0.5) is 5.82 Å². The summed E-state index contributed by atoms with van der Waals surface area (Å²) >= 11 is 0. The second kappa shape index (κ2) is 8.60. The number of aryl methyl sites for hydroxylation is 1. The van der Waals surface area contributed by atoms with Crippen LogP contribution >= 0.6 is 0 Å². The van der Waals surface area contributed by atoms with Crippen molar-refractivity contribution >= 4 is 17.4 Å². The van der Waals surface area contributed by atoms with Gasteiger partial charge in [-0.1, -0.05) is 60.5 Å². The van der Waals surface area contributed by atoms with Gasteiger partial charge < -0.3 is 5.32 Å². The van der Waals surface area contributed by atoms with E-state index in [0.29, 0.717) is 17.4 Å². The molecule has 5 rings (SSSR count). The van der Waals surface area contributed by atoms with Crippen molar-refractivity contribution in [3.05, 3.63) is 89.6 Å². The van der Waals surface area contributed by atoms with E-state index in [1.54, 1.807) is 0 Å². The molecule has 2 aromatic heterocycles. The lowest BCUT2D eigenvalue weighted by Crippen LogP contribution is -2.29. The van der Waals surface area contributed by atoms with Crippen molar-refractivity contribution in [2.24, 2.45) is 0 Å². The molecular formula is C27H28N4O. The molecule has 1 saturated heterocycles. The number of amides is 1. The first kappa shape index (κ1) is 20.5. The smallest absolute Gasteiger partial charge is 0.256 e. The number of nitrogens with zero attached hydrogens (tertiary/aromatic N) is 3. The van der Waals surface area contributed by atoms with Gasteiger partial charge in [-0.05, 0) is 57.1 Å². The Morgan fingerprint density at radius 3 is 2.53 bits per heavy atom. The fourth-order valence-electron chi connectivity index (χ4n) is 4.60. The molecule has 4 aromatic rings. The topological polar surface area (TPSA) is 49.6 Å². The van der Waals surface area contributed by atoms with Gasteiger partial charge in [0.05, 0.1) is 5.69 Å². The highest BCUT2D eigenvalue weighted by Gasteiger charge is 2.23. The van der Waals surface area contributed by atoms with Crippen molar-refractivity contribution in [3.8, 4) is 11.3 Å². The minimum atomic E-state index is -0.158. The molecule has 1 aliphatic rings. The fraction of sp³-hybridized carbons (Fsp3) is 0.259. The Balaban J connectivity index is 1.61. The maximum atomic E-state index is 12.9. The van der Waals surface area contributed by atoms with Crippen LogP contribution in [0, 0.1) is 6.92 Å². The lowest BCUT2D eigenvalue weighted by Gasteiger charge is -2.32. The maximum absolute atomic E-state index is 12.9. The molecule has 2 aromatic carbocycles. The predicted octanol–water partition coefficient (Wildman–Crippen LogP) is 5.72. The van der Waals surface area contributed by atoms with Gasteiger partial charge in [0.25, 0.3) is 5.91 Å². The van der Waals surface area contributed by atoms with E-state index in [1.165, 1.54) is 24.0 Å². The summed E-state index contributed by atoms with van der Waals surface area (Å²) in [5.41, 5.74) is 5.86. The number of nitrogens with one attached hydrogen (secondary N) is 1. The average molecular weight is 425 g/mol. The predicted molar refractivity (Wildman–Crippen MR) is 129 cm³/mol. The van der Waals surface area contributed by atoms with E-state index in [1.807, 2.05) is 30.3 Å². The Bertz CT molecular complexity index is 1240. The first-order chi connectivity index (χ1) is 15.6. The zero-order chi connectivity index (χ0) is 22.1. The number of hydrogen-bond acceptors (Lipinski definition) is 3. The summed E-state index contributed by atoms with van der Waals surface area (Å²) in [5, 5.41) is 3.06. The Morgan fingerprint density at radius 1 is 1.00 bits per heavy atom. The van der Waals surface area contributed by atoms with E-state index < -0.39 is 0 Å². The highest BCUT2D eigenvalue weighted by atomic mass is 16.1. The molecule has 5 nitrogen and oxygen atoms in total. The van der Waals surface area contributed by atoms with Crippen LogP contribution in [0.2, 0.25) is 0 Å². The summed E-state index contributed by atoms with van der Waals surface area (Å²) in [6, 6.07) is 22.3. The number of fused-ring (bicyclic) bond motifs is 1. The summed E-state index contributed by atoms with van der Waals surface area (Å²) in [7, 11) is 2.20. The van der Waals surface area contributed by atoms with Gasteiger partial charge in [-0.25, -0.2) is 4.98 Å². The third-order valence-corrected chi connectivity index (χ3v) is 6.39. The van der Waals surface area contributed by atoms with Crippen molar-refractivity contribution in [1.29, 1.82) is 0 Å². The molecule has 1 amide bonds. The SMILES string of the molecule is Cc1ccc(-c2c(NC(=O)c3ccccc3)nc3ccc(C4CCCCN4C)cn23)cc1. The first-order valence-electron chi connectivity index (χ1n) is 11.3. The molecule has 1 aliphatic heterocycles. The number of carbonyl (C=O) groups excluding carboxylic acids is 1. The largest absolute Gasteiger partial charge is 0.305 e. The van der Waals surface area contributed by atoms with Gasteiger partial charge in [0, 0.05) is 23.4 Å². The molecule has 0 bridgehead atoms. The van der Waals surface area contributed by atoms with Crippen molar-refractivity contribution in [1.82, 2.24) is 14.3 Å². The summed E-state index contributed by atoms with van der Waals surface area (Å²) in [5.74, 6) is 0.423. The van der Waals surface area contributed by atoms with Crippen LogP contribution in [0.25, 0.3) is 16.9 Å². The quantitative estimate of drug-likeness (QED) is 0.456. The lowest BCUT2D eigenvalue weighted by atomic mass is 9.97. The Labute approximate surface area is 188 Å². The van der Waals surface area contributed by atoms with E-state index in [-0.39, 0.29) is 5.91 Å². The first-order valence-corrected chi connectivity index (χ1v) is 11.3. The van der Waals surface area contributed by atoms with Gasteiger partial charge >= 0.3 is 0 Å². The van der Waals surface area contributed by atoms with Crippen LogP contribution in [0.15, 0.2) is 72.9 Å². The minimum Gasteiger partial charge on any atom is -0.305 e. The average Bonchev–Trinajstić information content (AvgIpc) is 3.17. The van der Waals surface area contributed by atoms with Gasteiger partial charge in [-0.2, -0.15) is 0 Å². The molecule has 0 radical (unpaired) electrons. The van der Waals surface area contributed by atoms with E-state index in [0.717, 1.165) is 29.9 Å². The molecule has 5 heteroatoms. The highest BCUT2D eigenvalue weighted by molar-refractivity contribution is 6.05. The number of pyridine rings is 1. The summed E-state index contributed by atoms with van der Waals surface area (Å²) in [4.78, 5) is 20.2. The number of benzene rings is 2. The maximum Gasteiger partial charge on any atom is 0.256 e. The highest BCUT2D eigenvalue weighted by Crippen LogP contribution is 2.34. The van der Waals surface area contributed by atoms with Crippen LogP contribution in [0.1, 0.15) is 46.8 Å². The van der Waals surface area contributed by atoms with Crippen LogP contribution in [0.5, 0.6) is 0 Å². The van der Waals surface area contributed by atoms with E-state index in [2.05, 4.69) is 71.2 Å². The summed E-state index contributed by atoms with van der Waals surface area (Å²) in [6.07, 6.45) is 5.86. The normalized spacial score (nSPS) is 16.9. The number of carbonyl (C=O) groups is 1. The number of anilines is 1. The van der Waals surface area contributed by atoms with Crippen LogP contribution in [-0.2, 0) is 0 Å². The molecule has 1 unspecified atom stereocenters. The summed E-state index contributed by atoms with van der Waals surface area (Å²) < 4.78 is 2.13. The van der Waals surface area contributed by atoms with E-state index in [9.17, 15) is 4.79 Å². The molecule has 0 aliphatic carbocycles. The number of aromatic nitrogens is 2. The van der Waals surface area contributed by atoms with Gasteiger partial charge in [0.2, 0.25) is 0 Å². The van der Waals surface area contributed by atoms with Crippen molar-refractivity contribution in [2.45, 2.75) is 32.2 Å². The number of likely N-dealkylation sites (tertiary alicyclic amines) is 1. The van der Waals surface area contributed by atoms with E-state index in [4.69, 9.17) is 4.98 Å². The Morgan fingerprint density at radius 2 is 1.78 bits per heavy atom. The number of hydrogen-bond donors (Lipinski definition) is 1. The third kappa shape index (κ3) is 3.92. The molecule has 162 valence electrons. The Hall–Kier alpha value is -3.44. The van der Waals surface area contributed by atoms with Crippen LogP contribution in [0.3, 0.4) is 0 Å². The summed E-state index contributed by atoms with van der Waals surface area (Å²) in [6.45, 7) is 3.20. The molecule has 1 atom stereocenters. The molecular weight excluding hydrogens is 396 g/mol. The third-order valence-electron chi connectivity index (χ3n) is 6.39. The Kier molecular flexibility index (Phi) is 5.50. The second-order valence-electron chi connectivity index (χ2n) is 8.68. The van der Waals surface area contributed by atoms with Crippen molar-refractivity contribution in [2.75, 3.05) is 18.9 Å². The number of rotatable bonds is 4. The lowest BCUT2D eigenvalue weighted by molar-refractivity contribution is 0.102. The zero-order valence-electron chi connectivity index (χ0n) is 18.6. The van der Waals surface area contributed by atoms with Gasteiger partial charge in [0.1, 0.15) is 5.65 Å². The molecule has 32 heavy (non-hydrogen) atoms.